The van der Waals surface area contributed by atoms with Gasteiger partial charge in [-0.05, 0) is 73.4 Å². The predicted octanol–water partition coefficient (Wildman–Crippen LogP) is 5.49. The minimum atomic E-state index is -0.215. The number of hydrogen-bond donors (Lipinski definition) is 2. The molecule has 0 saturated carbocycles. The Morgan fingerprint density at radius 2 is 1.61 bits per heavy atom. The molecule has 0 aliphatic carbocycles. The second-order valence-corrected chi connectivity index (χ2v) is 10.8. The van der Waals surface area contributed by atoms with E-state index in [0.717, 1.165) is 61.3 Å². The van der Waals surface area contributed by atoms with Gasteiger partial charge in [0.25, 0.3) is 0 Å². The molecule has 2 aromatic carbocycles. The van der Waals surface area contributed by atoms with Crippen molar-refractivity contribution < 1.29 is 9.59 Å². The average molecular weight is 514 g/mol. The molecule has 2 saturated heterocycles. The summed E-state index contributed by atoms with van der Waals surface area (Å²) in [6.07, 6.45) is 3.60. The Morgan fingerprint density at radius 3 is 2.21 bits per heavy atom. The molecule has 0 spiro atoms. The molecule has 38 heavy (non-hydrogen) atoms. The molecule has 2 N–H and O–H groups in total. The molecule has 2 aliphatic heterocycles. The Bertz CT molecular complexity index is 1200. The molecular weight excluding hydrogens is 474 g/mol. The van der Waals surface area contributed by atoms with Gasteiger partial charge in [-0.15, -0.1) is 0 Å². The van der Waals surface area contributed by atoms with Crippen LogP contribution >= 0.6 is 0 Å². The Hall–Kier alpha value is -3.79. The lowest BCUT2D eigenvalue weighted by Gasteiger charge is -2.35. The van der Waals surface area contributed by atoms with Crippen LogP contribution < -0.4 is 10.6 Å². The van der Waals surface area contributed by atoms with Crippen LogP contribution in [0, 0.1) is 24.2 Å². The summed E-state index contributed by atoms with van der Waals surface area (Å²) in [5.41, 5.74) is 5.73. The molecule has 0 aromatic heterocycles. The van der Waals surface area contributed by atoms with E-state index in [0.29, 0.717) is 24.6 Å². The largest absolute Gasteiger partial charge is 0.371 e. The highest BCUT2D eigenvalue weighted by Crippen LogP contribution is 2.32. The second-order valence-electron chi connectivity index (χ2n) is 10.8. The third-order valence-corrected chi connectivity index (χ3v) is 7.84. The number of anilines is 1. The second kappa shape index (κ2) is 12.2. The molecular formula is C31H39N5O2. The highest BCUT2D eigenvalue weighted by atomic mass is 16.2. The van der Waals surface area contributed by atoms with Crippen LogP contribution in [-0.2, 0) is 4.79 Å². The number of amides is 3. The lowest BCUT2D eigenvalue weighted by Crippen LogP contribution is -2.48. The molecule has 7 heteroatoms. The monoisotopic (exact) mass is 513 g/mol. The first-order valence-electron chi connectivity index (χ1n) is 13.7. The van der Waals surface area contributed by atoms with Crippen LogP contribution in [-0.4, -0.2) is 54.0 Å². The Labute approximate surface area is 226 Å². The first-order chi connectivity index (χ1) is 18.2. The fourth-order valence-electron chi connectivity index (χ4n) is 5.38. The lowest BCUT2D eigenvalue weighted by molar-refractivity contribution is -0.135. The minimum Gasteiger partial charge on any atom is -0.371 e. The van der Waals surface area contributed by atoms with Crippen LogP contribution in [0.2, 0.25) is 0 Å². The van der Waals surface area contributed by atoms with E-state index in [1.165, 1.54) is 5.56 Å². The number of carbonyl (C=O) groups is 2. The van der Waals surface area contributed by atoms with Crippen LogP contribution in [0.4, 0.5) is 10.5 Å². The van der Waals surface area contributed by atoms with Crippen LogP contribution in [0.5, 0.6) is 0 Å². The summed E-state index contributed by atoms with van der Waals surface area (Å²) in [5.74, 6) is 0.668. The Kier molecular flexibility index (Phi) is 8.73. The van der Waals surface area contributed by atoms with Crippen LogP contribution in [0.1, 0.15) is 67.7 Å². The number of hydrogen-bond acceptors (Lipinski definition) is 4. The number of benzene rings is 2. The Morgan fingerprint density at radius 1 is 0.974 bits per heavy atom. The molecule has 2 aliphatic rings. The van der Waals surface area contributed by atoms with Crippen molar-refractivity contribution in [3.63, 3.8) is 0 Å². The SMILES string of the molecule is C=C(c1ccc(C)c(NC(=O)NC2CCN(C(=O)C(C)C)CC2)c1)N1CCC(c2ccc(C#N)cc2)CC1. The van der Waals surface area contributed by atoms with Crippen molar-refractivity contribution >= 4 is 23.3 Å². The molecule has 2 heterocycles. The van der Waals surface area contributed by atoms with Crippen molar-refractivity contribution in [3.8, 4) is 6.07 Å². The van der Waals surface area contributed by atoms with Crippen molar-refractivity contribution in [2.45, 2.75) is 58.4 Å². The van der Waals surface area contributed by atoms with Gasteiger partial charge in [-0.25, -0.2) is 4.79 Å². The molecule has 2 aromatic rings. The van der Waals surface area contributed by atoms with Crippen molar-refractivity contribution in [1.29, 1.82) is 5.26 Å². The number of nitrogens with one attached hydrogen (secondary N) is 2. The van der Waals surface area contributed by atoms with Crippen molar-refractivity contribution in [3.05, 3.63) is 71.3 Å². The van der Waals surface area contributed by atoms with E-state index in [1.807, 2.05) is 49.9 Å². The normalized spacial score (nSPS) is 16.7. The van der Waals surface area contributed by atoms with Crippen molar-refractivity contribution in [2.24, 2.45) is 5.92 Å². The number of aryl methyl sites for hydroxylation is 1. The number of piperidine rings is 2. The first-order valence-corrected chi connectivity index (χ1v) is 13.7. The number of nitriles is 1. The van der Waals surface area contributed by atoms with Crippen LogP contribution in [0.15, 0.2) is 49.0 Å². The van der Waals surface area contributed by atoms with Gasteiger partial charge in [0.1, 0.15) is 0 Å². The molecule has 2 fully saturated rings. The average Bonchev–Trinajstić information content (AvgIpc) is 2.94. The maximum absolute atomic E-state index is 12.8. The van der Waals surface area contributed by atoms with Gasteiger partial charge in [-0.1, -0.05) is 44.7 Å². The van der Waals surface area contributed by atoms with E-state index in [1.54, 1.807) is 0 Å². The summed E-state index contributed by atoms with van der Waals surface area (Å²) < 4.78 is 0. The zero-order valence-electron chi connectivity index (χ0n) is 22.8. The summed E-state index contributed by atoms with van der Waals surface area (Å²) in [7, 11) is 0. The number of rotatable bonds is 6. The summed E-state index contributed by atoms with van der Waals surface area (Å²) in [6.45, 7) is 13.4. The van der Waals surface area contributed by atoms with E-state index in [9.17, 15) is 9.59 Å². The third kappa shape index (κ3) is 6.55. The quantitative estimate of drug-likeness (QED) is 0.535. The first kappa shape index (κ1) is 27.3. The van der Waals surface area contributed by atoms with Gasteiger partial charge in [0.15, 0.2) is 0 Å². The van der Waals surface area contributed by atoms with E-state index in [-0.39, 0.29) is 23.9 Å². The number of urea groups is 1. The van der Waals surface area contributed by atoms with Gasteiger partial charge >= 0.3 is 6.03 Å². The molecule has 0 atom stereocenters. The highest BCUT2D eigenvalue weighted by molar-refractivity contribution is 5.91. The van der Waals surface area contributed by atoms with Gasteiger partial charge in [-0.3, -0.25) is 4.79 Å². The van der Waals surface area contributed by atoms with Gasteiger partial charge in [0.05, 0.1) is 11.6 Å². The summed E-state index contributed by atoms with van der Waals surface area (Å²) >= 11 is 0. The standard InChI is InChI=1S/C31H39N5O2/c1-21(2)30(37)36-17-13-28(14-18-36)33-31(38)34-29-19-27(8-5-22(29)3)23(4)35-15-11-26(12-16-35)25-9-6-24(20-32)7-10-25/h5-10,19,21,26,28H,4,11-18H2,1-3H3,(H2,33,34,38). The molecule has 4 rings (SSSR count). The lowest BCUT2D eigenvalue weighted by atomic mass is 9.88. The maximum Gasteiger partial charge on any atom is 0.319 e. The van der Waals surface area contributed by atoms with Gasteiger partial charge in [0.2, 0.25) is 5.91 Å². The minimum absolute atomic E-state index is 0.00160. The molecule has 3 amide bonds. The predicted molar refractivity (Wildman–Crippen MR) is 152 cm³/mol. The van der Waals surface area contributed by atoms with Gasteiger partial charge in [-0.2, -0.15) is 5.26 Å². The third-order valence-electron chi connectivity index (χ3n) is 7.84. The fourth-order valence-corrected chi connectivity index (χ4v) is 5.38. The van der Waals surface area contributed by atoms with E-state index in [4.69, 9.17) is 5.26 Å². The summed E-state index contributed by atoms with van der Waals surface area (Å²) in [6, 6.07) is 16.1. The number of likely N-dealkylation sites (tertiary alicyclic amines) is 2. The van der Waals surface area contributed by atoms with Gasteiger partial charge in [0, 0.05) is 49.5 Å². The molecule has 7 nitrogen and oxygen atoms in total. The molecule has 0 unspecified atom stereocenters. The van der Waals surface area contributed by atoms with Gasteiger partial charge < -0.3 is 20.4 Å². The molecule has 200 valence electrons. The Balaban J connectivity index is 1.30. The zero-order valence-corrected chi connectivity index (χ0v) is 22.8. The number of nitrogens with zero attached hydrogens (tertiary/aromatic N) is 3. The van der Waals surface area contributed by atoms with Crippen molar-refractivity contribution in [1.82, 2.24) is 15.1 Å². The number of carbonyl (C=O) groups excluding carboxylic acids is 2. The smallest absolute Gasteiger partial charge is 0.319 e. The highest BCUT2D eigenvalue weighted by Gasteiger charge is 2.26. The van der Waals surface area contributed by atoms with Crippen LogP contribution in [0.3, 0.4) is 0 Å². The molecule has 0 radical (unpaired) electrons. The van der Waals surface area contributed by atoms with E-state index < -0.39 is 0 Å². The zero-order chi connectivity index (χ0) is 27.2. The summed E-state index contributed by atoms with van der Waals surface area (Å²) in [4.78, 5) is 29.2. The summed E-state index contributed by atoms with van der Waals surface area (Å²) in [5, 5.41) is 15.2. The molecule has 0 bridgehead atoms. The van der Waals surface area contributed by atoms with Crippen LogP contribution in [0.25, 0.3) is 5.70 Å². The topological polar surface area (TPSA) is 88.5 Å². The van der Waals surface area contributed by atoms with E-state index >= 15 is 0 Å². The van der Waals surface area contributed by atoms with Crippen molar-refractivity contribution in [2.75, 3.05) is 31.5 Å². The fraction of sp³-hybridized carbons (Fsp3) is 0.452. The van der Waals surface area contributed by atoms with E-state index in [2.05, 4.69) is 46.4 Å². The maximum atomic E-state index is 12.8.